The summed E-state index contributed by atoms with van der Waals surface area (Å²) in [5, 5.41) is 6.19. The molecular weight excluding hydrogens is 314 g/mol. The fraction of sp³-hybridized carbons (Fsp3) is 0.312. The zero-order chi connectivity index (χ0) is 16.6. The molecule has 0 aliphatic rings. The third-order valence-electron chi connectivity index (χ3n) is 3.59. The van der Waals surface area contributed by atoms with Crippen LogP contribution >= 0.6 is 11.3 Å². The summed E-state index contributed by atoms with van der Waals surface area (Å²) in [4.78, 5) is 17.5. The average Bonchev–Trinajstić information content (AvgIpc) is 3.18. The van der Waals surface area contributed by atoms with Crippen molar-refractivity contribution in [3.8, 4) is 16.5 Å². The molecule has 3 rings (SSSR count). The molecule has 6 nitrogen and oxygen atoms in total. The number of ether oxygens (including phenoxy) is 1. The summed E-state index contributed by atoms with van der Waals surface area (Å²) in [6.07, 6.45) is 0.0640. The SMILES string of the molecule is Cc1nn(C)c(C)c1OC(=O)Cc1nc(-c2cccs2)oc1C. The van der Waals surface area contributed by atoms with Crippen LogP contribution in [0.1, 0.15) is 22.8 Å². The van der Waals surface area contributed by atoms with Gasteiger partial charge in [-0.3, -0.25) is 9.48 Å². The third kappa shape index (κ3) is 3.05. The van der Waals surface area contributed by atoms with Crippen molar-refractivity contribution in [3.63, 3.8) is 0 Å². The molecule has 7 heteroatoms. The van der Waals surface area contributed by atoms with E-state index >= 15 is 0 Å². The summed E-state index contributed by atoms with van der Waals surface area (Å²) in [5.74, 6) is 1.30. The van der Waals surface area contributed by atoms with Crippen LogP contribution in [-0.4, -0.2) is 20.7 Å². The molecule has 0 saturated carbocycles. The van der Waals surface area contributed by atoms with Gasteiger partial charge in [0.05, 0.1) is 22.7 Å². The fourth-order valence-corrected chi connectivity index (χ4v) is 2.94. The Labute approximate surface area is 137 Å². The lowest BCUT2D eigenvalue weighted by Gasteiger charge is -2.03. The molecule has 0 aliphatic carbocycles. The minimum absolute atomic E-state index is 0.0640. The van der Waals surface area contributed by atoms with Gasteiger partial charge in [0.25, 0.3) is 0 Å². The number of hydrogen-bond donors (Lipinski definition) is 0. The van der Waals surface area contributed by atoms with Crippen molar-refractivity contribution in [2.75, 3.05) is 0 Å². The van der Waals surface area contributed by atoms with Crippen LogP contribution in [0.15, 0.2) is 21.9 Å². The number of oxazole rings is 1. The molecule has 3 heterocycles. The van der Waals surface area contributed by atoms with Crippen LogP contribution in [0.3, 0.4) is 0 Å². The van der Waals surface area contributed by atoms with E-state index in [4.69, 9.17) is 9.15 Å². The van der Waals surface area contributed by atoms with Gasteiger partial charge in [-0.1, -0.05) is 6.07 Å². The van der Waals surface area contributed by atoms with Crippen molar-refractivity contribution in [3.05, 3.63) is 40.4 Å². The highest BCUT2D eigenvalue weighted by Crippen LogP contribution is 2.27. The molecule has 0 aromatic carbocycles. The predicted octanol–water partition coefficient (Wildman–Crippen LogP) is 3.21. The van der Waals surface area contributed by atoms with Crippen LogP contribution in [0.25, 0.3) is 10.8 Å². The maximum absolute atomic E-state index is 12.2. The zero-order valence-electron chi connectivity index (χ0n) is 13.4. The Hall–Kier alpha value is -2.41. The molecule has 0 spiro atoms. The molecule has 0 unspecified atom stereocenters. The van der Waals surface area contributed by atoms with Crippen molar-refractivity contribution < 1.29 is 13.9 Å². The van der Waals surface area contributed by atoms with Crippen LogP contribution in [-0.2, 0) is 18.3 Å². The van der Waals surface area contributed by atoms with Gasteiger partial charge in [0.15, 0.2) is 5.75 Å². The predicted molar refractivity (Wildman–Crippen MR) is 86.6 cm³/mol. The Balaban J connectivity index is 1.76. The van der Waals surface area contributed by atoms with E-state index in [9.17, 15) is 4.79 Å². The van der Waals surface area contributed by atoms with Gasteiger partial charge in [-0.15, -0.1) is 11.3 Å². The van der Waals surface area contributed by atoms with Gasteiger partial charge in [0.1, 0.15) is 11.5 Å². The van der Waals surface area contributed by atoms with Crippen LogP contribution in [0.2, 0.25) is 0 Å². The number of aromatic nitrogens is 3. The van der Waals surface area contributed by atoms with Crippen LogP contribution in [0.4, 0.5) is 0 Å². The summed E-state index contributed by atoms with van der Waals surface area (Å²) in [6, 6.07) is 3.86. The Bertz CT molecular complexity index is 846. The lowest BCUT2D eigenvalue weighted by Crippen LogP contribution is -2.13. The van der Waals surface area contributed by atoms with E-state index in [0.717, 1.165) is 10.6 Å². The van der Waals surface area contributed by atoms with E-state index < -0.39 is 0 Å². The molecule has 0 atom stereocenters. The Morgan fingerprint density at radius 1 is 1.39 bits per heavy atom. The highest BCUT2D eigenvalue weighted by atomic mass is 32.1. The fourth-order valence-electron chi connectivity index (χ4n) is 2.29. The van der Waals surface area contributed by atoms with Crippen LogP contribution < -0.4 is 4.74 Å². The Morgan fingerprint density at radius 3 is 2.78 bits per heavy atom. The molecule has 0 bridgehead atoms. The number of rotatable bonds is 4. The van der Waals surface area contributed by atoms with Crippen molar-refractivity contribution >= 4 is 17.3 Å². The number of aryl methyl sites for hydroxylation is 3. The first kappa shape index (κ1) is 15.5. The molecule has 23 heavy (non-hydrogen) atoms. The second kappa shape index (κ2) is 6.00. The second-order valence-corrected chi connectivity index (χ2v) is 6.22. The average molecular weight is 331 g/mol. The topological polar surface area (TPSA) is 70.2 Å². The number of esters is 1. The molecule has 0 radical (unpaired) electrons. The molecule has 0 saturated heterocycles. The summed E-state index contributed by atoms with van der Waals surface area (Å²) >= 11 is 1.54. The maximum Gasteiger partial charge on any atom is 0.317 e. The summed E-state index contributed by atoms with van der Waals surface area (Å²) in [6.45, 7) is 5.47. The molecule has 0 N–H and O–H groups in total. The minimum atomic E-state index is -0.377. The van der Waals surface area contributed by atoms with E-state index in [1.807, 2.05) is 38.4 Å². The highest BCUT2D eigenvalue weighted by molar-refractivity contribution is 7.13. The first-order valence-corrected chi connectivity index (χ1v) is 8.04. The Kier molecular flexibility index (Phi) is 4.04. The number of hydrogen-bond acceptors (Lipinski definition) is 6. The minimum Gasteiger partial charge on any atom is -0.440 e. The highest BCUT2D eigenvalue weighted by Gasteiger charge is 2.19. The van der Waals surface area contributed by atoms with Gasteiger partial charge < -0.3 is 9.15 Å². The first-order valence-electron chi connectivity index (χ1n) is 7.16. The molecule has 0 aliphatic heterocycles. The van der Waals surface area contributed by atoms with Crippen molar-refractivity contribution in [2.24, 2.45) is 7.05 Å². The molecule has 3 aromatic heterocycles. The molecule has 3 aromatic rings. The third-order valence-corrected chi connectivity index (χ3v) is 4.45. The van der Waals surface area contributed by atoms with Gasteiger partial charge in [-0.05, 0) is 32.2 Å². The monoisotopic (exact) mass is 331 g/mol. The second-order valence-electron chi connectivity index (χ2n) is 5.27. The quantitative estimate of drug-likeness (QED) is 0.687. The standard InChI is InChI=1S/C16H17N3O3S/c1-9-15(10(2)19(4)18-9)22-14(20)8-12-11(3)21-16(17-12)13-6-5-7-23-13/h5-7H,8H2,1-4H3. The van der Waals surface area contributed by atoms with Gasteiger partial charge in [0.2, 0.25) is 5.89 Å². The Morgan fingerprint density at radius 2 is 2.17 bits per heavy atom. The van der Waals surface area contributed by atoms with Gasteiger partial charge in [-0.2, -0.15) is 5.10 Å². The lowest BCUT2D eigenvalue weighted by molar-refractivity contribution is -0.133. The summed E-state index contributed by atoms with van der Waals surface area (Å²) in [7, 11) is 1.81. The van der Waals surface area contributed by atoms with Gasteiger partial charge in [0, 0.05) is 7.05 Å². The largest absolute Gasteiger partial charge is 0.440 e. The van der Waals surface area contributed by atoms with Crippen LogP contribution in [0, 0.1) is 20.8 Å². The van der Waals surface area contributed by atoms with Crippen molar-refractivity contribution in [1.29, 1.82) is 0 Å². The van der Waals surface area contributed by atoms with E-state index in [1.54, 1.807) is 22.9 Å². The molecule has 0 amide bonds. The maximum atomic E-state index is 12.2. The van der Waals surface area contributed by atoms with E-state index in [1.165, 1.54) is 0 Å². The van der Waals surface area contributed by atoms with E-state index in [0.29, 0.717) is 28.8 Å². The number of carbonyl (C=O) groups is 1. The number of thiophene rings is 1. The summed E-state index contributed by atoms with van der Waals surface area (Å²) < 4.78 is 12.8. The summed E-state index contributed by atoms with van der Waals surface area (Å²) in [5.41, 5.74) is 2.10. The first-order chi connectivity index (χ1) is 11.0. The van der Waals surface area contributed by atoms with Crippen molar-refractivity contribution in [1.82, 2.24) is 14.8 Å². The molecule has 120 valence electrons. The van der Waals surface area contributed by atoms with E-state index in [-0.39, 0.29) is 12.4 Å². The zero-order valence-corrected chi connectivity index (χ0v) is 14.2. The van der Waals surface area contributed by atoms with E-state index in [2.05, 4.69) is 10.1 Å². The van der Waals surface area contributed by atoms with Gasteiger partial charge in [-0.25, -0.2) is 4.98 Å². The number of carbonyl (C=O) groups excluding carboxylic acids is 1. The normalized spacial score (nSPS) is 11.0. The smallest absolute Gasteiger partial charge is 0.317 e. The van der Waals surface area contributed by atoms with Crippen molar-refractivity contribution in [2.45, 2.75) is 27.2 Å². The van der Waals surface area contributed by atoms with Crippen LogP contribution in [0.5, 0.6) is 5.75 Å². The lowest BCUT2D eigenvalue weighted by atomic mass is 10.3. The van der Waals surface area contributed by atoms with Gasteiger partial charge >= 0.3 is 5.97 Å². The number of nitrogens with zero attached hydrogens (tertiary/aromatic N) is 3. The molecule has 0 fully saturated rings. The molecular formula is C16H17N3O3S.